The minimum absolute atomic E-state index is 0.142. The van der Waals surface area contributed by atoms with Gasteiger partial charge in [-0.1, -0.05) is 37.8 Å². The van der Waals surface area contributed by atoms with E-state index in [0.717, 1.165) is 31.5 Å². The van der Waals surface area contributed by atoms with E-state index in [-0.39, 0.29) is 11.6 Å². The van der Waals surface area contributed by atoms with Crippen LogP contribution in [0.3, 0.4) is 0 Å². The Morgan fingerprint density at radius 1 is 1.37 bits per heavy atom. The number of methoxy groups -OCH3 is 1. The van der Waals surface area contributed by atoms with Gasteiger partial charge in [0.15, 0.2) is 0 Å². The first-order chi connectivity index (χ1) is 9.23. The SMILES string of the molecule is CCCn1nncc1C(N)C1(OC)CCCCCC1. The van der Waals surface area contributed by atoms with Crippen molar-refractivity contribution in [3.8, 4) is 0 Å². The van der Waals surface area contributed by atoms with Gasteiger partial charge in [0.1, 0.15) is 0 Å². The molecule has 5 nitrogen and oxygen atoms in total. The van der Waals surface area contributed by atoms with Crippen LogP contribution in [0.5, 0.6) is 0 Å². The minimum Gasteiger partial charge on any atom is -0.376 e. The first-order valence-electron chi connectivity index (χ1n) is 7.42. The molecule has 0 radical (unpaired) electrons. The Bertz CT molecular complexity index is 383. The molecule has 2 N–H and O–H groups in total. The molecule has 0 amide bonds. The van der Waals surface area contributed by atoms with Gasteiger partial charge >= 0.3 is 0 Å². The molecule has 0 bridgehead atoms. The van der Waals surface area contributed by atoms with Crippen molar-refractivity contribution >= 4 is 0 Å². The van der Waals surface area contributed by atoms with Crippen LogP contribution in [0, 0.1) is 0 Å². The number of rotatable bonds is 5. The van der Waals surface area contributed by atoms with Crippen LogP contribution in [0.4, 0.5) is 0 Å². The molecule has 1 aliphatic rings. The highest BCUT2D eigenvalue weighted by atomic mass is 16.5. The van der Waals surface area contributed by atoms with Gasteiger partial charge in [-0.25, -0.2) is 4.68 Å². The number of nitrogens with two attached hydrogens (primary N) is 1. The van der Waals surface area contributed by atoms with Crippen LogP contribution in [0.25, 0.3) is 0 Å². The van der Waals surface area contributed by atoms with Crippen LogP contribution in [0.1, 0.15) is 63.6 Å². The normalized spacial score (nSPS) is 21.0. The average molecular weight is 266 g/mol. The summed E-state index contributed by atoms with van der Waals surface area (Å²) in [5, 5.41) is 8.16. The molecule has 1 unspecified atom stereocenters. The summed E-state index contributed by atoms with van der Waals surface area (Å²) in [6.07, 6.45) is 9.83. The van der Waals surface area contributed by atoms with Gasteiger partial charge in [-0.3, -0.25) is 0 Å². The van der Waals surface area contributed by atoms with Gasteiger partial charge in [0.05, 0.1) is 23.5 Å². The van der Waals surface area contributed by atoms with Crippen molar-refractivity contribution in [1.29, 1.82) is 0 Å². The monoisotopic (exact) mass is 266 g/mol. The third-order valence-corrected chi connectivity index (χ3v) is 4.32. The Hall–Kier alpha value is -0.940. The molecular formula is C14H26N4O. The quantitative estimate of drug-likeness (QED) is 0.831. The van der Waals surface area contributed by atoms with Crippen LogP contribution in [-0.2, 0) is 11.3 Å². The summed E-state index contributed by atoms with van der Waals surface area (Å²) in [7, 11) is 1.79. The summed E-state index contributed by atoms with van der Waals surface area (Å²) < 4.78 is 7.81. The summed E-state index contributed by atoms with van der Waals surface area (Å²) >= 11 is 0. The average Bonchev–Trinajstić information content (AvgIpc) is 2.74. The topological polar surface area (TPSA) is 66.0 Å². The summed E-state index contributed by atoms with van der Waals surface area (Å²) in [6, 6.07) is -0.142. The van der Waals surface area contributed by atoms with Gasteiger partial charge in [-0.05, 0) is 19.3 Å². The Balaban J connectivity index is 2.23. The second kappa shape index (κ2) is 6.48. The molecule has 1 atom stereocenters. The lowest BCUT2D eigenvalue weighted by atomic mass is 9.85. The van der Waals surface area contributed by atoms with Crippen molar-refractivity contribution in [3.05, 3.63) is 11.9 Å². The van der Waals surface area contributed by atoms with Gasteiger partial charge in [-0.15, -0.1) is 5.10 Å². The fraction of sp³-hybridized carbons (Fsp3) is 0.857. The van der Waals surface area contributed by atoms with Gasteiger partial charge in [0.2, 0.25) is 0 Å². The smallest absolute Gasteiger partial charge is 0.0886 e. The van der Waals surface area contributed by atoms with Crippen LogP contribution in [0.2, 0.25) is 0 Å². The van der Waals surface area contributed by atoms with E-state index in [1.54, 1.807) is 13.3 Å². The lowest BCUT2D eigenvalue weighted by Gasteiger charge is -2.37. The van der Waals surface area contributed by atoms with Crippen LogP contribution >= 0.6 is 0 Å². The summed E-state index contributed by atoms with van der Waals surface area (Å²) in [5.74, 6) is 0. The molecule has 1 fully saturated rings. The number of ether oxygens (including phenoxy) is 1. The number of aryl methyl sites for hydroxylation is 1. The first-order valence-corrected chi connectivity index (χ1v) is 7.42. The molecule has 1 saturated carbocycles. The van der Waals surface area contributed by atoms with E-state index < -0.39 is 0 Å². The Morgan fingerprint density at radius 3 is 2.63 bits per heavy atom. The molecule has 0 aliphatic heterocycles. The Kier molecular flexibility index (Phi) is 4.93. The Labute approximate surface area is 115 Å². The molecule has 2 rings (SSSR count). The van der Waals surface area contributed by atoms with Crippen molar-refractivity contribution in [1.82, 2.24) is 15.0 Å². The molecular weight excluding hydrogens is 240 g/mol. The van der Waals surface area contributed by atoms with Crippen molar-refractivity contribution in [3.63, 3.8) is 0 Å². The van der Waals surface area contributed by atoms with Crippen molar-refractivity contribution in [2.75, 3.05) is 7.11 Å². The number of hydrogen-bond acceptors (Lipinski definition) is 4. The molecule has 1 aromatic heterocycles. The van der Waals surface area contributed by atoms with Crippen LogP contribution in [0.15, 0.2) is 6.20 Å². The second-order valence-corrected chi connectivity index (χ2v) is 5.54. The molecule has 5 heteroatoms. The molecule has 19 heavy (non-hydrogen) atoms. The zero-order valence-electron chi connectivity index (χ0n) is 12.1. The van der Waals surface area contributed by atoms with E-state index in [1.807, 2.05) is 4.68 Å². The summed E-state index contributed by atoms with van der Waals surface area (Å²) in [4.78, 5) is 0. The zero-order chi connectivity index (χ0) is 13.7. The van der Waals surface area contributed by atoms with E-state index in [4.69, 9.17) is 10.5 Å². The van der Waals surface area contributed by atoms with Gasteiger partial charge in [-0.2, -0.15) is 0 Å². The highest BCUT2D eigenvalue weighted by Gasteiger charge is 2.39. The minimum atomic E-state index is -0.246. The van der Waals surface area contributed by atoms with Crippen LogP contribution < -0.4 is 5.73 Å². The van der Waals surface area contributed by atoms with Gasteiger partial charge < -0.3 is 10.5 Å². The van der Waals surface area contributed by atoms with Crippen molar-refractivity contribution in [2.45, 2.75) is 70.1 Å². The highest BCUT2D eigenvalue weighted by molar-refractivity contribution is 5.10. The molecule has 0 aromatic carbocycles. The summed E-state index contributed by atoms with van der Waals surface area (Å²) in [6.45, 7) is 3.00. The zero-order valence-corrected chi connectivity index (χ0v) is 12.1. The lowest BCUT2D eigenvalue weighted by Crippen LogP contribution is -2.43. The van der Waals surface area contributed by atoms with E-state index in [0.29, 0.717) is 0 Å². The molecule has 108 valence electrons. The number of aromatic nitrogens is 3. The number of hydrogen-bond donors (Lipinski definition) is 1. The predicted octanol–water partition coefficient (Wildman–Crippen LogP) is 2.43. The highest BCUT2D eigenvalue weighted by Crippen LogP contribution is 2.38. The maximum Gasteiger partial charge on any atom is 0.0886 e. The molecule has 1 heterocycles. The fourth-order valence-electron chi connectivity index (χ4n) is 3.13. The standard InChI is InChI=1S/C14H26N4O/c1-3-10-18-12(11-16-17-18)13(15)14(19-2)8-6-4-5-7-9-14/h11,13H,3-10,15H2,1-2H3. The lowest BCUT2D eigenvalue weighted by molar-refractivity contribution is -0.0461. The van der Waals surface area contributed by atoms with E-state index in [9.17, 15) is 0 Å². The first kappa shape index (κ1) is 14.5. The maximum atomic E-state index is 6.53. The van der Waals surface area contributed by atoms with E-state index in [1.165, 1.54) is 25.7 Å². The molecule has 1 aliphatic carbocycles. The largest absolute Gasteiger partial charge is 0.376 e. The maximum absolute atomic E-state index is 6.53. The van der Waals surface area contributed by atoms with E-state index in [2.05, 4.69) is 17.2 Å². The second-order valence-electron chi connectivity index (χ2n) is 5.54. The van der Waals surface area contributed by atoms with Gasteiger partial charge in [0.25, 0.3) is 0 Å². The number of nitrogens with zero attached hydrogens (tertiary/aromatic N) is 3. The van der Waals surface area contributed by atoms with Gasteiger partial charge in [0, 0.05) is 13.7 Å². The van der Waals surface area contributed by atoms with E-state index >= 15 is 0 Å². The molecule has 0 saturated heterocycles. The predicted molar refractivity (Wildman–Crippen MR) is 74.7 cm³/mol. The Morgan fingerprint density at radius 2 is 2.05 bits per heavy atom. The van der Waals surface area contributed by atoms with Crippen molar-refractivity contribution in [2.24, 2.45) is 5.73 Å². The third kappa shape index (κ3) is 2.98. The summed E-state index contributed by atoms with van der Waals surface area (Å²) in [5.41, 5.74) is 7.29. The third-order valence-electron chi connectivity index (χ3n) is 4.32. The van der Waals surface area contributed by atoms with Crippen molar-refractivity contribution < 1.29 is 4.74 Å². The van der Waals surface area contributed by atoms with Crippen LogP contribution in [-0.4, -0.2) is 27.7 Å². The molecule has 1 aromatic rings. The fourth-order valence-corrected chi connectivity index (χ4v) is 3.13. The molecule has 0 spiro atoms.